The van der Waals surface area contributed by atoms with Gasteiger partial charge in [-0.2, -0.15) is 0 Å². The van der Waals surface area contributed by atoms with Crippen molar-refractivity contribution in [2.75, 3.05) is 5.32 Å². The van der Waals surface area contributed by atoms with Gasteiger partial charge in [0.05, 0.1) is 4.70 Å². The Kier molecular flexibility index (Phi) is 2.68. The van der Waals surface area contributed by atoms with Crippen LogP contribution >= 0.6 is 11.3 Å². The molecule has 2 heterocycles. The van der Waals surface area contributed by atoms with Crippen LogP contribution in [-0.4, -0.2) is 9.97 Å². The maximum atomic E-state index is 13.5. The SMILES string of the molecule is Cc1cccc(Nc2nc3c(F)cccc3s2)n1. The van der Waals surface area contributed by atoms with Gasteiger partial charge in [-0.3, -0.25) is 0 Å². The highest BCUT2D eigenvalue weighted by atomic mass is 32.1. The van der Waals surface area contributed by atoms with Crippen LogP contribution in [0.5, 0.6) is 0 Å². The number of aromatic nitrogens is 2. The fourth-order valence-electron chi connectivity index (χ4n) is 1.69. The zero-order valence-electron chi connectivity index (χ0n) is 9.64. The number of nitrogens with one attached hydrogen (secondary N) is 1. The smallest absolute Gasteiger partial charge is 0.189 e. The average Bonchev–Trinajstić information content (AvgIpc) is 2.73. The van der Waals surface area contributed by atoms with Crippen molar-refractivity contribution in [3.8, 4) is 0 Å². The summed E-state index contributed by atoms with van der Waals surface area (Å²) in [4.78, 5) is 8.55. The second kappa shape index (κ2) is 4.34. The van der Waals surface area contributed by atoms with Gasteiger partial charge in [-0.15, -0.1) is 0 Å². The molecule has 0 unspecified atom stereocenters. The van der Waals surface area contributed by atoms with E-state index in [1.165, 1.54) is 17.4 Å². The van der Waals surface area contributed by atoms with Gasteiger partial charge in [-0.25, -0.2) is 14.4 Å². The van der Waals surface area contributed by atoms with E-state index in [0.717, 1.165) is 16.2 Å². The summed E-state index contributed by atoms with van der Waals surface area (Å²) in [5.41, 5.74) is 1.32. The first-order valence-corrected chi connectivity index (χ1v) is 6.30. The maximum Gasteiger partial charge on any atom is 0.189 e. The molecule has 0 aliphatic carbocycles. The van der Waals surface area contributed by atoms with Crippen molar-refractivity contribution in [1.82, 2.24) is 9.97 Å². The third-order valence-corrected chi connectivity index (χ3v) is 3.43. The molecule has 2 aromatic heterocycles. The minimum atomic E-state index is -0.297. The highest BCUT2D eigenvalue weighted by molar-refractivity contribution is 7.22. The summed E-state index contributed by atoms with van der Waals surface area (Å²) >= 11 is 1.41. The Bertz CT molecular complexity index is 708. The van der Waals surface area contributed by atoms with Crippen LogP contribution in [0, 0.1) is 12.7 Å². The lowest BCUT2D eigenvalue weighted by Crippen LogP contribution is -1.93. The maximum absolute atomic E-state index is 13.5. The minimum Gasteiger partial charge on any atom is -0.316 e. The normalized spacial score (nSPS) is 10.8. The number of fused-ring (bicyclic) bond motifs is 1. The molecule has 3 nitrogen and oxygen atoms in total. The van der Waals surface area contributed by atoms with E-state index in [9.17, 15) is 4.39 Å². The van der Waals surface area contributed by atoms with Crippen LogP contribution in [0.15, 0.2) is 36.4 Å². The quantitative estimate of drug-likeness (QED) is 0.758. The Hall–Kier alpha value is -2.01. The van der Waals surface area contributed by atoms with E-state index in [0.29, 0.717) is 10.6 Å². The largest absolute Gasteiger partial charge is 0.316 e. The van der Waals surface area contributed by atoms with Crippen LogP contribution in [0.3, 0.4) is 0 Å². The number of benzene rings is 1. The van der Waals surface area contributed by atoms with E-state index in [2.05, 4.69) is 15.3 Å². The molecule has 0 fully saturated rings. The van der Waals surface area contributed by atoms with Gasteiger partial charge in [0, 0.05) is 5.69 Å². The number of halogens is 1. The molecule has 0 spiro atoms. The number of thiazole rings is 1. The molecule has 0 bridgehead atoms. The molecule has 0 aliphatic rings. The number of hydrogen-bond donors (Lipinski definition) is 1. The average molecular weight is 259 g/mol. The molecule has 0 amide bonds. The summed E-state index contributed by atoms with van der Waals surface area (Å²) in [6, 6.07) is 10.6. The van der Waals surface area contributed by atoms with Gasteiger partial charge in [-0.1, -0.05) is 23.5 Å². The first-order valence-electron chi connectivity index (χ1n) is 5.48. The fraction of sp³-hybridized carbons (Fsp3) is 0.0769. The van der Waals surface area contributed by atoms with Crippen LogP contribution in [0.4, 0.5) is 15.3 Å². The van der Waals surface area contributed by atoms with Crippen molar-refractivity contribution in [3.63, 3.8) is 0 Å². The summed E-state index contributed by atoms with van der Waals surface area (Å²) in [5, 5.41) is 3.74. The molecule has 3 rings (SSSR count). The molecular formula is C13H10FN3S. The zero-order valence-corrected chi connectivity index (χ0v) is 10.5. The summed E-state index contributed by atoms with van der Waals surface area (Å²) in [6.07, 6.45) is 0. The lowest BCUT2D eigenvalue weighted by atomic mass is 10.3. The van der Waals surface area contributed by atoms with E-state index in [1.807, 2.05) is 31.2 Å². The van der Waals surface area contributed by atoms with Crippen molar-refractivity contribution in [3.05, 3.63) is 47.9 Å². The minimum absolute atomic E-state index is 0.297. The molecule has 0 radical (unpaired) electrons. The molecule has 1 N–H and O–H groups in total. The standard InChI is InChI=1S/C13H10FN3S/c1-8-4-2-7-11(15-8)16-13-17-12-9(14)5-3-6-10(12)18-13/h2-7H,1H3,(H,15,16,17). The van der Waals surface area contributed by atoms with Gasteiger partial charge in [0.25, 0.3) is 0 Å². The molecule has 0 atom stereocenters. The molecule has 0 aliphatic heterocycles. The predicted molar refractivity (Wildman–Crippen MR) is 71.8 cm³/mol. The number of pyridine rings is 1. The van der Waals surface area contributed by atoms with E-state index in [4.69, 9.17) is 0 Å². The molecule has 3 aromatic rings. The summed E-state index contributed by atoms with van der Waals surface area (Å²) in [7, 11) is 0. The van der Waals surface area contributed by atoms with Gasteiger partial charge < -0.3 is 5.32 Å². The number of anilines is 2. The molecule has 18 heavy (non-hydrogen) atoms. The Morgan fingerprint density at radius 3 is 2.72 bits per heavy atom. The van der Waals surface area contributed by atoms with Gasteiger partial charge in [-0.05, 0) is 31.2 Å². The third-order valence-electron chi connectivity index (χ3n) is 2.49. The second-order valence-corrected chi connectivity index (χ2v) is 4.93. The molecule has 0 saturated carbocycles. The van der Waals surface area contributed by atoms with E-state index in [-0.39, 0.29) is 5.82 Å². The Morgan fingerprint density at radius 1 is 1.11 bits per heavy atom. The van der Waals surface area contributed by atoms with Crippen LogP contribution in [-0.2, 0) is 0 Å². The molecule has 90 valence electrons. The number of hydrogen-bond acceptors (Lipinski definition) is 4. The van der Waals surface area contributed by atoms with E-state index < -0.39 is 0 Å². The third kappa shape index (κ3) is 2.04. The van der Waals surface area contributed by atoms with Crippen molar-refractivity contribution in [2.24, 2.45) is 0 Å². The van der Waals surface area contributed by atoms with Gasteiger partial charge in [0.1, 0.15) is 17.2 Å². The number of para-hydroxylation sites is 1. The van der Waals surface area contributed by atoms with Gasteiger partial charge >= 0.3 is 0 Å². The summed E-state index contributed by atoms with van der Waals surface area (Å²) in [6.45, 7) is 1.92. The highest BCUT2D eigenvalue weighted by Gasteiger charge is 2.08. The van der Waals surface area contributed by atoms with E-state index in [1.54, 1.807) is 6.07 Å². The van der Waals surface area contributed by atoms with Gasteiger partial charge in [0.2, 0.25) is 0 Å². The second-order valence-electron chi connectivity index (χ2n) is 3.89. The lowest BCUT2D eigenvalue weighted by Gasteiger charge is -2.01. The van der Waals surface area contributed by atoms with Crippen molar-refractivity contribution < 1.29 is 4.39 Å². The predicted octanol–water partition coefficient (Wildman–Crippen LogP) is 3.88. The number of rotatable bonds is 2. The molecular weight excluding hydrogens is 249 g/mol. The zero-order chi connectivity index (χ0) is 12.5. The molecule has 0 saturated heterocycles. The lowest BCUT2D eigenvalue weighted by molar-refractivity contribution is 0.637. The fourth-order valence-corrected chi connectivity index (χ4v) is 2.58. The van der Waals surface area contributed by atoms with Crippen molar-refractivity contribution in [1.29, 1.82) is 0 Å². The van der Waals surface area contributed by atoms with Crippen LogP contribution < -0.4 is 5.32 Å². The Balaban J connectivity index is 1.98. The van der Waals surface area contributed by atoms with Gasteiger partial charge in [0.15, 0.2) is 5.13 Å². The topological polar surface area (TPSA) is 37.8 Å². The Morgan fingerprint density at radius 2 is 1.94 bits per heavy atom. The van der Waals surface area contributed by atoms with Crippen molar-refractivity contribution >= 4 is 32.5 Å². The monoisotopic (exact) mass is 259 g/mol. The Labute approximate surface area is 107 Å². The van der Waals surface area contributed by atoms with Crippen LogP contribution in [0.1, 0.15) is 5.69 Å². The van der Waals surface area contributed by atoms with E-state index >= 15 is 0 Å². The molecule has 5 heteroatoms. The highest BCUT2D eigenvalue weighted by Crippen LogP contribution is 2.29. The first-order chi connectivity index (χ1) is 8.72. The van der Waals surface area contributed by atoms with Crippen LogP contribution in [0.25, 0.3) is 10.2 Å². The number of aryl methyl sites for hydroxylation is 1. The summed E-state index contributed by atoms with van der Waals surface area (Å²) in [5.74, 6) is 0.420. The van der Waals surface area contributed by atoms with Crippen LogP contribution in [0.2, 0.25) is 0 Å². The summed E-state index contributed by atoms with van der Waals surface area (Å²) < 4.78 is 14.3. The molecule has 1 aromatic carbocycles. The van der Waals surface area contributed by atoms with Crippen molar-refractivity contribution in [2.45, 2.75) is 6.92 Å². The number of nitrogens with zero attached hydrogens (tertiary/aromatic N) is 2. The first kappa shape index (κ1) is 11.1.